The molecule has 1 N–H and O–H groups in total. The molecule has 4 rings (SSSR count). The number of nitrogens with zero attached hydrogens (tertiary/aromatic N) is 4. The van der Waals surface area contributed by atoms with E-state index < -0.39 is 6.04 Å². The molecular formula is C26H32FN5O3S. The maximum atomic E-state index is 13.6. The fourth-order valence-corrected chi connectivity index (χ4v) is 4.84. The van der Waals surface area contributed by atoms with Crippen LogP contribution < -0.4 is 15.0 Å². The Labute approximate surface area is 216 Å². The third kappa shape index (κ3) is 6.18. The number of ether oxygens (including phenoxy) is 1. The normalized spacial score (nSPS) is 19.1. The van der Waals surface area contributed by atoms with Gasteiger partial charge in [-0.05, 0) is 74.7 Å². The van der Waals surface area contributed by atoms with Crippen molar-refractivity contribution in [2.24, 2.45) is 0 Å². The number of carbonyl (C=O) groups is 2. The predicted molar refractivity (Wildman–Crippen MR) is 142 cm³/mol. The number of piperazine rings is 1. The van der Waals surface area contributed by atoms with Gasteiger partial charge in [-0.1, -0.05) is 0 Å². The molecule has 2 aromatic carbocycles. The summed E-state index contributed by atoms with van der Waals surface area (Å²) in [6.45, 7) is 7.62. The molecule has 2 aromatic rings. The van der Waals surface area contributed by atoms with E-state index in [9.17, 15) is 14.0 Å². The van der Waals surface area contributed by atoms with E-state index in [1.807, 2.05) is 11.8 Å². The van der Waals surface area contributed by atoms with Crippen molar-refractivity contribution >= 4 is 40.5 Å². The highest BCUT2D eigenvalue weighted by Crippen LogP contribution is 2.29. The van der Waals surface area contributed by atoms with Crippen LogP contribution in [0.5, 0.6) is 5.75 Å². The molecule has 2 heterocycles. The molecule has 2 amide bonds. The molecule has 1 atom stereocenters. The number of benzene rings is 2. The molecule has 2 fully saturated rings. The van der Waals surface area contributed by atoms with Gasteiger partial charge in [0.05, 0.1) is 18.7 Å². The third-order valence-corrected chi connectivity index (χ3v) is 6.90. The van der Waals surface area contributed by atoms with Gasteiger partial charge < -0.3 is 19.9 Å². The lowest BCUT2D eigenvalue weighted by molar-refractivity contribution is -0.124. The van der Waals surface area contributed by atoms with E-state index in [1.54, 1.807) is 24.3 Å². The molecule has 0 bridgehead atoms. The molecule has 0 spiro atoms. The number of nitrogens with one attached hydrogen (secondary N) is 1. The number of hydrogen-bond donors (Lipinski definition) is 1. The number of halogens is 1. The van der Waals surface area contributed by atoms with Crippen molar-refractivity contribution in [2.45, 2.75) is 19.4 Å². The van der Waals surface area contributed by atoms with Gasteiger partial charge in [0, 0.05) is 45.0 Å². The summed E-state index contributed by atoms with van der Waals surface area (Å²) in [4.78, 5) is 34.5. The average molecular weight is 514 g/mol. The highest BCUT2D eigenvalue weighted by molar-refractivity contribution is 7.80. The Hall–Kier alpha value is -3.08. The van der Waals surface area contributed by atoms with Crippen molar-refractivity contribution < 1.29 is 18.7 Å². The van der Waals surface area contributed by atoms with Crippen LogP contribution in [0.25, 0.3) is 0 Å². The molecule has 10 heteroatoms. The Kier molecular flexibility index (Phi) is 8.50. The molecule has 0 saturated carbocycles. The first-order chi connectivity index (χ1) is 17.4. The second kappa shape index (κ2) is 11.8. The van der Waals surface area contributed by atoms with Gasteiger partial charge in [-0.2, -0.15) is 0 Å². The van der Waals surface area contributed by atoms with Crippen molar-refractivity contribution in [1.82, 2.24) is 14.7 Å². The topological polar surface area (TPSA) is 68.4 Å². The van der Waals surface area contributed by atoms with Crippen LogP contribution in [0.1, 0.15) is 13.3 Å². The number of hydrogen-bond acceptors (Lipinski definition) is 6. The summed E-state index contributed by atoms with van der Waals surface area (Å²) < 4.78 is 18.7. The minimum absolute atomic E-state index is 0.0629. The summed E-state index contributed by atoms with van der Waals surface area (Å²) in [7, 11) is 2.11. The first-order valence-corrected chi connectivity index (χ1v) is 12.6. The van der Waals surface area contributed by atoms with Crippen LogP contribution in [0.4, 0.5) is 15.8 Å². The number of thiocarbonyl (C=S) groups is 1. The summed E-state index contributed by atoms with van der Waals surface area (Å²) in [5.74, 6) is -0.246. The molecule has 0 aliphatic carbocycles. The lowest BCUT2D eigenvalue weighted by Crippen LogP contribution is -2.48. The lowest BCUT2D eigenvalue weighted by atomic mass is 10.1. The summed E-state index contributed by atoms with van der Waals surface area (Å²) >= 11 is 5.76. The predicted octanol–water partition coefficient (Wildman–Crippen LogP) is 2.80. The van der Waals surface area contributed by atoms with E-state index in [2.05, 4.69) is 22.2 Å². The Bertz CT molecular complexity index is 1070. The van der Waals surface area contributed by atoms with Crippen molar-refractivity contribution in [2.75, 3.05) is 63.1 Å². The molecule has 0 aromatic heterocycles. The molecule has 192 valence electrons. The summed E-state index contributed by atoms with van der Waals surface area (Å²) in [6.07, 6.45) is -0.0629. The summed E-state index contributed by atoms with van der Waals surface area (Å²) in [5.41, 5.74) is 1.11. The second-order valence-electron chi connectivity index (χ2n) is 9.00. The van der Waals surface area contributed by atoms with E-state index in [1.165, 1.54) is 29.2 Å². The monoisotopic (exact) mass is 513 g/mol. The van der Waals surface area contributed by atoms with E-state index >= 15 is 0 Å². The van der Waals surface area contributed by atoms with E-state index in [0.717, 1.165) is 32.7 Å². The van der Waals surface area contributed by atoms with Crippen LogP contribution in [-0.2, 0) is 9.59 Å². The third-order valence-electron chi connectivity index (χ3n) is 6.48. The van der Waals surface area contributed by atoms with E-state index in [4.69, 9.17) is 17.0 Å². The van der Waals surface area contributed by atoms with Gasteiger partial charge >= 0.3 is 0 Å². The van der Waals surface area contributed by atoms with Gasteiger partial charge in [-0.25, -0.2) is 4.39 Å². The van der Waals surface area contributed by atoms with Crippen molar-refractivity contribution in [3.63, 3.8) is 0 Å². The van der Waals surface area contributed by atoms with Crippen LogP contribution in [0.15, 0.2) is 48.5 Å². The fourth-order valence-electron chi connectivity index (χ4n) is 4.42. The first-order valence-electron chi connectivity index (χ1n) is 12.2. The molecule has 2 aliphatic heterocycles. The zero-order valence-electron chi connectivity index (χ0n) is 20.7. The van der Waals surface area contributed by atoms with Gasteiger partial charge in [0.25, 0.3) is 5.91 Å². The van der Waals surface area contributed by atoms with Crippen LogP contribution in [0.2, 0.25) is 0 Å². The largest absolute Gasteiger partial charge is 0.494 e. The van der Waals surface area contributed by atoms with Crippen molar-refractivity contribution in [3.8, 4) is 5.75 Å². The summed E-state index contributed by atoms with van der Waals surface area (Å²) in [6, 6.07) is 12.0. The van der Waals surface area contributed by atoms with Crippen molar-refractivity contribution in [1.29, 1.82) is 0 Å². The maximum Gasteiger partial charge on any atom is 0.256 e. The molecule has 36 heavy (non-hydrogen) atoms. The Morgan fingerprint density at radius 2 is 1.72 bits per heavy atom. The Morgan fingerprint density at radius 1 is 1.06 bits per heavy atom. The number of amides is 2. The van der Waals surface area contributed by atoms with Gasteiger partial charge in [-0.15, -0.1) is 0 Å². The van der Waals surface area contributed by atoms with E-state index in [0.29, 0.717) is 35.4 Å². The number of anilines is 2. The maximum absolute atomic E-state index is 13.6. The smallest absolute Gasteiger partial charge is 0.256 e. The number of carbonyl (C=O) groups excluding carboxylic acids is 2. The van der Waals surface area contributed by atoms with Gasteiger partial charge in [0.1, 0.15) is 17.6 Å². The fraction of sp³-hybridized carbons (Fsp3) is 0.423. The first kappa shape index (κ1) is 26.0. The minimum atomic E-state index is -0.725. The average Bonchev–Trinajstić information content (AvgIpc) is 3.09. The zero-order valence-corrected chi connectivity index (χ0v) is 21.5. The second-order valence-corrected chi connectivity index (χ2v) is 9.36. The van der Waals surface area contributed by atoms with Gasteiger partial charge in [0.15, 0.2) is 5.11 Å². The molecule has 0 radical (unpaired) electrons. The Balaban J connectivity index is 1.50. The molecule has 0 unspecified atom stereocenters. The van der Waals surface area contributed by atoms with Gasteiger partial charge in [-0.3, -0.25) is 19.4 Å². The minimum Gasteiger partial charge on any atom is -0.494 e. The molecule has 2 aliphatic rings. The lowest BCUT2D eigenvalue weighted by Gasteiger charge is -2.34. The Morgan fingerprint density at radius 3 is 2.36 bits per heavy atom. The molecule has 2 saturated heterocycles. The quantitative estimate of drug-likeness (QED) is 0.517. The highest BCUT2D eigenvalue weighted by atomic mass is 32.1. The highest BCUT2D eigenvalue weighted by Gasteiger charge is 2.44. The zero-order chi connectivity index (χ0) is 25.7. The van der Waals surface area contributed by atoms with Crippen molar-refractivity contribution in [3.05, 3.63) is 54.3 Å². The van der Waals surface area contributed by atoms with Gasteiger partial charge in [0.2, 0.25) is 5.91 Å². The number of likely N-dealkylation sites (N-methyl/N-ethyl adjacent to an activating group) is 1. The van der Waals surface area contributed by atoms with Crippen LogP contribution >= 0.6 is 12.2 Å². The SMILES string of the molecule is CCOc1ccc(N2C(=O)[C@@H](CC(=O)Nc3ccc(F)cc3)N(CCN3CCN(C)CC3)C2=S)cc1. The number of rotatable bonds is 9. The van der Waals surface area contributed by atoms with Crippen LogP contribution in [0, 0.1) is 5.82 Å². The molecule has 8 nitrogen and oxygen atoms in total. The standard InChI is InChI=1S/C26H32FN5O3S/c1-3-35-22-10-8-21(9-11-22)32-25(34)23(18-24(33)28-20-6-4-19(27)5-7-20)31(26(32)36)17-16-30-14-12-29(2)13-15-30/h4-11,23H,3,12-18H2,1-2H3,(H,28,33)/t23-/m1/s1. The van der Waals surface area contributed by atoms with Crippen LogP contribution in [0.3, 0.4) is 0 Å². The molecular weight excluding hydrogens is 481 g/mol. The van der Waals surface area contributed by atoms with E-state index in [-0.39, 0.29) is 24.1 Å². The summed E-state index contributed by atoms with van der Waals surface area (Å²) in [5, 5.41) is 3.15. The van der Waals surface area contributed by atoms with Crippen LogP contribution in [-0.4, -0.2) is 90.6 Å².